The summed E-state index contributed by atoms with van der Waals surface area (Å²) in [5, 5.41) is 22.4. The molecule has 1 heterocycles. The number of urea groups is 1. The van der Waals surface area contributed by atoms with E-state index in [2.05, 4.69) is 10.7 Å². The maximum Gasteiger partial charge on any atom is 0.328 e. The third kappa shape index (κ3) is 9.17. The first-order chi connectivity index (χ1) is 16.0. The van der Waals surface area contributed by atoms with E-state index in [-0.39, 0.29) is 44.2 Å². The summed E-state index contributed by atoms with van der Waals surface area (Å²) >= 11 is 0. The van der Waals surface area contributed by atoms with Crippen molar-refractivity contribution in [3.8, 4) is 0 Å². The van der Waals surface area contributed by atoms with Gasteiger partial charge in [-0.3, -0.25) is 29.1 Å². The number of aliphatic carboxylic acids is 2. The van der Waals surface area contributed by atoms with Crippen molar-refractivity contribution >= 4 is 35.7 Å². The van der Waals surface area contributed by atoms with Crippen LogP contribution in [0.1, 0.15) is 52.4 Å². The van der Waals surface area contributed by atoms with Gasteiger partial charge in [-0.2, -0.15) is 0 Å². The molecule has 5 amide bonds. The average molecular weight is 484 g/mol. The van der Waals surface area contributed by atoms with Gasteiger partial charge in [0, 0.05) is 31.7 Å². The molecule has 13 heteroatoms. The first kappa shape index (κ1) is 28.6. The van der Waals surface area contributed by atoms with Gasteiger partial charge >= 0.3 is 18.0 Å². The highest BCUT2D eigenvalue weighted by atomic mass is 16.4. The van der Waals surface area contributed by atoms with Crippen LogP contribution < -0.4 is 16.5 Å². The second kappa shape index (κ2) is 13.9. The minimum absolute atomic E-state index is 0.00968. The van der Waals surface area contributed by atoms with E-state index >= 15 is 0 Å². The molecule has 0 aromatic heterocycles. The number of hydrazine groups is 1. The molecule has 0 bridgehead atoms. The quantitative estimate of drug-likeness (QED) is 0.112. The number of carboxylic acid groups (broad SMARTS) is 2. The summed E-state index contributed by atoms with van der Waals surface area (Å²) in [5.74, 6) is -4.43. The van der Waals surface area contributed by atoms with E-state index in [1.54, 1.807) is 13.8 Å². The second-order valence-corrected chi connectivity index (χ2v) is 8.22. The van der Waals surface area contributed by atoms with Gasteiger partial charge < -0.3 is 21.3 Å². The zero-order valence-electron chi connectivity index (χ0n) is 19.4. The molecule has 0 aliphatic carbocycles. The summed E-state index contributed by atoms with van der Waals surface area (Å²) in [4.78, 5) is 71.4. The van der Waals surface area contributed by atoms with Crippen LogP contribution in [0.15, 0.2) is 12.2 Å². The number of carboxylic acids is 2. The molecule has 0 aromatic carbocycles. The Labute approximate surface area is 197 Å². The Morgan fingerprint density at radius 3 is 2.12 bits per heavy atom. The number of carbonyl (C=O) groups is 6. The Morgan fingerprint density at radius 1 is 1.00 bits per heavy atom. The molecule has 0 aromatic rings. The van der Waals surface area contributed by atoms with Crippen LogP contribution in [0.2, 0.25) is 0 Å². The third-order valence-corrected chi connectivity index (χ3v) is 5.17. The molecule has 1 rings (SSSR count). The molecule has 2 atom stereocenters. The van der Waals surface area contributed by atoms with Gasteiger partial charge in [0.15, 0.2) is 0 Å². The standard InChI is InChI=1S/C21H33N5O8/c1-13(2)18(20(32)33)26(24-14(19(30)31)7-6-11-23-21(22)34)17(29)8-4-3-5-12-25-15(27)9-10-16(25)28/h9-10,13-14,18,24H,3-8,11-12H2,1-2H3,(H,30,31)(H,32,33)(H3,22,23,34)/t14-,18-/m0/s1. The molecule has 0 fully saturated rings. The van der Waals surface area contributed by atoms with Crippen molar-refractivity contribution < 1.29 is 39.0 Å². The van der Waals surface area contributed by atoms with E-state index in [4.69, 9.17) is 5.73 Å². The second-order valence-electron chi connectivity index (χ2n) is 8.22. The highest BCUT2D eigenvalue weighted by Crippen LogP contribution is 2.15. The fourth-order valence-electron chi connectivity index (χ4n) is 3.42. The van der Waals surface area contributed by atoms with Crippen molar-refractivity contribution in [1.82, 2.24) is 20.7 Å². The van der Waals surface area contributed by atoms with Crippen LogP contribution in [0.5, 0.6) is 0 Å². The van der Waals surface area contributed by atoms with Gasteiger partial charge in [-0.15, -0.1) is 0 Å². The number of carbonyl (C=O) groups excluding carboxylic acids is 4. The number of nitrogens with two attached hydrogens (primary N) is 1. The van der Waals surface area contributed by atoms with E-state index in [9.17, 15) is 39.0 Å². The fraction of sp³-hybridized carbons (Fsp3) is 0.619. The zero-order chi connectivity index (χ0) is 25.8. The Hall–Kier alpha value is -3.48. The van der Waals surface area contributed by atoms with Gasteiger partial charge in [-0.1, -0.05) is 20.3 Å². The highest BCUT2D eigenvalue weighted by Gasteiger charge is 2.35. The number of nitrogens with zero attached hydrogens (tertiary/aromatic N) is 2. The van der Waals surface area contributed by atoms with Crippen molar-refractivity contribution in [2.45, 2.75) is 64.5 Å². The molecule has 0 saturated heterocycles. The third-order valence-electron chi connectivity index (χ3n) is 5.17. The van der Waals surface area contributed by atoms with E-state index < -0.39 is 41.9 Å². The first-order valence-electron chi connectivity index (χ1n) is 11.1. The predicted molar refractivity (Wildman–Crippen MR) is 119 cm³/mol. The van der Waals surface area contributed by atoms with E-state index in [0.29, 0.717) is 19.3 Å². The van der Waals surface area contributed by atoms with Crippen molar-refractivity contribution in [3.63, 3.8) is 0 Å². The maximum atomic E-state index is 12.9. The molecule has 6 N–H and O–H groups in total. The zero-order valence-corrected chi connectivity index (χ0v) is 19.4. The number of nitrogens with one attached hydrogen (secondary N) is 2. The van der Waals surface area contributed by atoms with E-state index in [0.717, 1.165) is 9.91 Å². The lowest BCUT2D eigenvalue weighted by atomic mass is 10.0. The van der Waals surface area contributed by atoms with Crippen LogP contribution in [0.4, 0.5) is 4.79 Å². The number of amides is 5. The summed E-state index contributed by atoms with van der Waals surface area (Å²) in [6.45, 7) is 3.54. The Morgan fingerprint density at radius 2 is 1.62 bits per heavy atom. The summed E-state index contributed by atoms with van der Waals surface area (Å²) in [6.07, 6.45) is 3.89. The van der Waals surface area contributed by atoms with Crippen molar-refractivity contribution in [2.24, 2.45) is 11.7 Å². The van der Waals surface area contributed by atoms with Crippen molar-refractivity contribution in [2.75, 3.05) is 13.1 Å². The lowest BCUT2D eigenvalue weighted by molar-refractivity contribution is -0.159. The summed E-state index contributed by atoms with van der Waals surface area (Å²) in [7, 11) is 0. The van der Waals surface area contributed by atoms with Crippen LogP contribution in [-0.2, 0) is 24.0 Å². The number of hydrogen-bond acceptors (Lipinski definition) is 7. The van der Waals surface area contributed by atoms with Crippen molar-refractivity contribution in [1.29, 1.82) is 0 Å². The smallest absolute Gasteiger partial charge is 0.328 e. The van der Waals surface area contributed by atoms with Gasteiger partial charge in [0.05, 0.1) is 0 Å². The average Bonchev–Trinajstić information content (AvgIpc) is 3.05. The molecule has 0 unspecified atom stereocenters. The minimum atomic E-state index is -1.30. The molecule has 13 nitrogen and oxygen atoms in total. The maximum absolute atomic E-state index is 12.9. The molecule has 0 radical (unpaired) electrons. The number of primary amides is 1. The van der Waals surface area contributed by atoms with Gasteiger partial charge in [0.1, 0.15) is 12.1 Å². The number of hydrogen-bond donors (Lipinski definition) is 5. The lowest BCUT2D eigenvalue weighted by Gasteiger charge is -2.34. The molecule has 0 saturated carbocycles. The van der Waals surface area contributed by atoms with Gasteiger partial charge in [-0.05, 0) is 31.6 Å². The largest absolute Gasteiger partial charge is 0.480 e. The van der Waals surface area contributed by atoms with Crippen LogP contribution in [-0.4, -0.2) is 81.0 Å². The SMILES string of the molecule is CC(C)[C@@H](C(=O)O)N(N[C@@H](CCCNC(N)=O)C(=O)O)C(=O)CCCCCN1C(=O)C=CC1=O. The Kier molecular flexibility index (Phi) is 11.7. The first-order valence-corrected chi connectivity index (χ1v) is 11.1. The number of imide groups is 1. The molecule has 1 aliphatic rings. The van der Waals surface area contributed by atoms with E-state index in [1.165, 1.54) is 12.2 Å². The topological polar surface area (TPSA) is 199 Å². The summed E-state index contributed by atoms with van der Waals surface area (Å²) in [5.41, 5.74) is 7.53. The van der Waals surface area contributed by atoms with Crippen LogP contribution in [0, 0.1) is 5.92 Å². The molecule has 0 spiro atoms. The summed E-state index contributed by atoms with van der Waals surface area (Å²) in [6, 6.07) is -3.32. The summed E-state index contributed by atoms with van der Waals surface area (Å²) < 4.78 is 0. The van der Waals surface area contributed by atoms with Crippen LogP contribution in [0.3, 0.4) is 0 Å². The monoisotopic (exact) mass is 483 g/mol. The van der Waals surface area contributed by atoms with Gasteiger partial charge in [-0.25, -0.2) is 15.0 Å². The molecular weight excluding hydrogens is 450 g/mol. The normalized spacial score (nSPS) is 14.9. The van der Waals surface area contributed by atoms with Crippen LogP contribution in [0.25, 0.3) is 0 Å². The van der Waals surface area contributed by atoms with Gasteiger partial charge in [0.25, 0.3) is 11.8 Å². The highest BCUT2D eigenvalue weighted by molar-refractivity contribution is 6.12. The van der Waals surface area contributed by atoms with E-state index in [1.807, 2.05) is 0 Å². The Balaban J connectivity index is 2.73. The molecule has 190 valence electrons. The number of rotatable bonds is 16. The number of unbranched alkanes of at least 4 members (excludes halogenated alkanes) is 2. The molecule has 34 heavy (non-hydrogen) atoms. The Bertz CT molecular complexity index is 795. The molecule has 1 aliphatic heterocycles. The molecular formula is C21H33N5O8. The van der Waals surface area contributed by atoms with Gasteiger partial charge in [0.2, 0.25) is 5.91 Å². The lowest BCUT2D eigenvalue weighted by Crippen LogP contribution is -2.59. The van der Waals surface area contributed by atoms with Crippen molar-refractivity contribution in [3.05, 3.63) is 12.2 Å². The van der Waals surface area contributed by atoms with Crippen LogP contribution >= 0.6 is 0 Å². The fourth-order valence-corrected chi connectivity index (χ4v) is 3.42. The predicted octanol–water partition coefficient (Wildman–Crippen LogP) is -0.184. The minimum Gasteiger partial charge on any atom is -0.480 e.